The van der Waals surface area contributed by atoms with E-state index in [1.807, 2.05) is 30.3 Å². The molecule has 3 aromatic rings. The molecule has 2 aromatic carbocycles. The van der Waals surface area contributed by atoms with Crippen LogP contribution in [0, 0.1) is 0 Å². The van der Waals surface area contributed by atoms with Gasteiger partial charge in [0.2, 0.25) is 5.91 Å². The summed E-state index contributed by atoms with van der Waals surface area (Å²) in [7, 11) is 0.735. The zero-order chi connectivity index (χ0) is 23.1. The van der Waals surface area contributed by atoms with Gasteiger partial charge in [0, 0.05) is 18.1 Å². The largest absolute Gasteiger partial charge is 0.497 e. The number of methoxy groups -OCH3 is 1. The minimum absolute atomic E-state index is 0.136. The van der Waals surface area contributed by atoms with Crippen molar-refractivity contribution in [3.05, 3.63) is 84.2 Å². The summed E-state index contributed by atoms with van der Waals surface area (Å²) in [6.45, 7) is 0. The first-order valence-corrected chi connectivity index (χ1v) is 13.0. The third-order valence-corrected chi connectivity index (χ3v) is 6.62. The van der Waals surface area contributed by atoms with Gasteiger partial charge in [-0.15, -0.1) is 0 Å². The van der Waals surface area contributed by atoms with Gasteiger partial charge in [0.15, 0.2) is 0 Å². The molecule has 2 amide bonds. The molecule has 0 spiro atoms. The van der Waals surface area contributed by atoms with Gasteiger partial charge in [0.05, 0.1) is 13.5 Å². The number of ether oxygens (including phenoxy) is 1. The standard InChI is InChI=1S/C25H29N3O3S/c1-31-21-11-7-19(8-12-21)24(28-23(29)16-18-6-5-15-26-17-18)25(30)27-20-9-13-22(14-10-20)32(2,3)4/h5-15,17,24H,16H2,1-4H3,(H,27,30)(H,28,29). The van der Waals surface area contributed by atoms with Gasteiger partial charge < -0.3 is 15.4 Å². The maximum atomic E-state index is 13.2. The second-order valence-corrected chi connectivity index (χ2v) is 12.3. The van der Waals surface area contributed by atoms with Crippen molar-refractivity contribution in [3.63, 3.8) is 0 Å². The first-order valence-electron chi connectivity index (χ1n) is 10.2. The van der Waals surface area contributed by atoms with Crippen LogP contribution in [0.2, 0.25) is 0 Å². The van der Waals surface area contributed by atoms with E-state index < -0.39 is 16.1 Å². The van der Waals surface area contributed by atoms with Gasteiger partial charge in [-0.2, -0.15) is 0 Å². The fraction of sp³-hybridized carbons (Fsp3) is 0.240. The quantitative estimate of drug-likeness (QED) is 0.538. The summed E-state index contributed by atoms with van der Waals surface area (Å²) < 4.78 is 5.21. The summed E-state index contributed by atoms with van der Waals surface area (Å²) >= 11 is 0. The molecule has 1 atom stereocenters. The highest BCUT2D eigenvalue weighted by Gasteiger charge is 2.23. The minimum atomic E-state index is -0.849. The summed E-state index contributed by atoms with van der Waals surface area (Å²) in [6.07, 6.45) is 10.1. The SMILES string of the molecule is COc1ccc(C(NC(=O)Cc2cccnc2)C(=O)Nc2ccc(S(C)(C)C)cc2)cc1. The smallest absolute Gasteiger partial charge is 0.251 e. The lowest BCUT2D eigenvalue weighted by Gasteiger charge is -2.26. The highest BCUT2D eigenvalue weighted by atomic mass is 32.3. The average molecular weight is 452 g/mol. The monoisotopic (exact) mass is 451 g/mol. The van der Waals surface area contributed by atoms with Crippen LogP contribution in [0.3, 0.4) is 0 Å². The van der Waals surface area contributed by atoms with Crippen molar-refractivity contribution >= 4 is 27.5 Å². The Morgan fingerprint density at radius 1 is 1.00 bits per heavy atom. The van der Waals surface area contributed by atoms with Crippen LogP contribution in [-0.4, -0.2) is 42.7 Å². The van der Waals surface area contributed by atoms with E-state index in [-0.39, 0.29) is 18.2 Å². The number of amides is 2. The zero-order valence-electron chi connectivity index (χ0n) is 18.8. The Kier molecular flexibility index (Phi) is 7.53. The van der Waals surface area contributed by atoms with Crippen molar-refractivity contribution < 1.29 is 14.3 Å². The van der Waals surface area contributed by atoms with Gasteiger partial charge in [-0.3, -0.25) is 14.6 Å². The van der Waals surface area contributed by atoms with E-state index in [1.54, 1.807) is 49.8 Å². The van der Waals surface area contributed by atoms with Crippen LogP contribution < -0.4 is 15.4 Å². The van der Waals surface area contributed by atoms with E-state index in [9.17, 15) is 9.59 Å². The predicted molar refractivity (Wildman–Crippen MR) is 131 cm³/mol. The molecule has 0 aliphatic carbocycles. The lowest BCUT2D eigenvalue weighted by atomic mass is 10.0. The van der Waals surface area contributed by atoms with Crippen LogP contribution in [0.4, 0.5) is 5.69 Å². The highest BCUT2D eigenvalue weighted by Crippen LogP contribution is 2.45. The molecule has 32 heavy (non-hydrogen) atoms. The minimum Gasteiger partial charge on any atom is -0.497 e. The number of anilines is 1. The molecular weight excluding hydrogens is 422 g/mol. The summed E-state index contributed by atoms with van der Waals surface area (Å²) in [5.74, 6) is 0.0982. The lowest BCUT2D eigenvalue weighted by molar-refractivity contribution is -0.126. The number of benzene rings is 2. The molecule has 1 unspecified atom stereocenters. The van der Waals surface area contributed by atoms with Crippen LogP contribution in [0.25, 0.3) is 0 Å². The van der Waals surface area contributed by atoms with E-state index in [4.69, 9.17) is 4.74 Å². The molecule has 1 heterocycles. The molecule has 2 N–H and O–H groups in total. The van der Waals surface area contributed by atoms with Crippen molar-refractivity contribution in [3.8, 4) is 5.75 Å². The number of nitrogens with one attached hydrogen (secondary N) is 2. The average Bonchev–Trinajstić information content (AvgIpc) is 2.78. The Bertz CT molecular complexity index is 1050. The van der Waals surface area contributed by atoms with Crippen LogP contribution >= 0.6 is 10.0 Å². The summed E-state index contributed by atoms with van der Waals surface area (Å²) in [5, 5.41) is 5.79. The van der Waals surface area contributed by atoms with Crippen molar-refractivity contribution in [1.29, 1.82) is 0 Å². The second kappa shape index (κ2) is 10.3. The van der Waals surface area contributed by atoms with Gasteiger partial charge >= 0.3 is 0 Å². The second-order valence-electron chi connectivity index (χ2n) is 8.16. The number of carbonyl (C=O) groups is 2. The third kappa shape index (κ3) is 6.34. The van der Waals surface area contributed by atoms with E-state index in [2.05, 4.69) is 34.4 Å². The number of rotatable bonds is 8. The summed E-state index contributed by atoms with van der Waals surface area (Å²) in [5.41, 5.74) is 2.13. The molecule has 168 valence electrons. The molecule has 0 saturated heterocycles. The third-order valence-electron chi connectivity index (χ3n) is 4.93. The van der Waals surface area contributed by atoms with Gasteiger partial charge in [-0.1, -0.05) is 18.2 Å². The molecule has 0 aliphatic rings. The topological polar surface area (TPSA) is 80.3 Å². The molecule has 0 fully saturated rings. The number of hydrogen-bond donors (Lipinski definition) is 2. The Morgan fingerprint density at radius 2 is 1.69 bits per heavy atom. The molecule has 6 nitrogen and oxygen atoms in total. The number of nitrogens with zero attached hydrogens (tertiary/aromatic N) is 1. The lowest BCUT2D eigenvalue weighted by Crippen LogP contribution is -2.37. The van der Waals surface area contributed by atoms with Gasteiger partial charge in [0.25, 0.3) is 5.91 Å². The molecule has 3 rings (SSSR count). The molecule has 0 saturated carbocycles. The predicted octanol–water partition coefficient (Wildman–Crippen LogP) is 4.18. The molecule has 1 aromatic heterocycles. The van der Waals surface area contributed by atoms with Gasteiger partial charge in [0.1, 0.15) is 11.8 Å². The van der Waals surface area contributed by atoms with Crippen molar-refractivity contribution in [1.82, 2.24) is 10.3 Å². The molecule has 0 aliphatic heterocycles. The fourth-order valence-electron chi connectivity index (χ4n) is 3.16. The Morgan fingerprint density at radius 3 is 2.25 bits per heavy atom. The Balaban J connectivity index is 1.79. The van der Waals surface area contributed by atoms with Crippen molar-refractivity contribution in [2.24, 2.45) is 0 Å². The Labute approximate surface area is 190 Å². The number of pyridine rings is 1. The van der Waals surface area contributed by atoms with E-state index in [0.717, 1.165) is 5.56 Å². The summed E-state index contributed by atoms with van der Waals surface area (Å²) in [6, 6.07) is 17.7. The van der Waals surface area contributed by atoms with E-state index in [1.165, 1.54) is 4.90 Å². The molecule has 0 radical (unpaired) electrons. The number of hydrogen-bond acceptors (Lipinski definition) is 4. The van der Waals surface area contributed by atoms with Crippen LogP contribution in [0.1, 0.15) is 17.2 Å². The van der Waals surface area contributed by atoms with Crippen molar-refractivity contribution in [2.75, 3.05) is 31.2 Å². The zero-order valence-corrected chi connectivity index (χ0v) is 19.6. The molecule has 0 bridgehead atoms. The number of carbonyl (C=O) groups excluding carboxylic acids is 2. The Hall–Kier alpha value is -3.32. The van der Waals surface area contributed by atoms with Crippen LogP contribution in [0.5, 0.6) is 5.75 Å². The molecular formula is C25H29N3O3S. The number of aromatic nitrogens is 1. The maximum Gasteiger partial charge on any atom is 0.251 e. The van der Waals surface area contributed by atoms with E-state index >= 15 is 0 Å². The van der Waals surface area contributed by atoms with Crippen LogP contribution in [0.15, 0.2) is 78.0 Å². The highest BCUT2D eigenvalue weighted by molar-refractivity contribution is 8.32. The maximum absolute atomic E-state index is 13.2. The van der Waals surface area contributed by atoms with Gasteiger partial charge in [-0.05, 0) is 77.3 Å². The summed E-state index contributed by atoms with van der Waals surface area (Å²) in [4.78, 5) is 31.2. The first-order chi connectivity index (χ1) is 15.3. The normalized spacial score (nSPS) is 12.5. The molecule has 7 heteroatoms. The fourth-order valence-corrected chi connectivity index (χ4v) is 4.11. The van der Waals surface area contributed by atoms with Crippen LogP contribution in [-0.2, 0) is 16.0 Å². The van der Waals surface area contributed by atoms with Crippen molar-refractivity contribution in [2.45, 2.75) is 17.4 Å². The van der Waals surface area contributed by atoms with Gasteiger partial charge in [-0.25, -0.2) is 10.0 Å². The first kappa shape index (κ1) is 23.3. The van der Waals surface area contributed by atoms with E-state index in [0.29, 0.717) is 17.0 Å².